The topological polar surface area (TPSA) is 96.0 Å². The summed E-state index contributed by atoms with van der Waals surface area (Å²) in [6.07, 6.45) is -0.774. The van der Waals surface area contributed by atoms with Crippen LogP contribution in [0.3, 0.4) is 0 Å². The molecule has 2 atom stereocenters. The molecule has 7 nitrogen and oxygen atoms in total. The number of benzene rings is 2. The molecule has 1 fully saturated rings. The number of carbonyl (C=O) groups is 1. The number of nitro benzene ring substituents is 1. The van der Waals surface area contributed by atoms with Crippen LogP contribution < -0.4 is 0 Å². The lowest BCUT2D eigenvalue weighted by molar-refractivity contribution is -0.384. The average molecular weight is 337 g/mol. The largest absolute Gasteiger partial charge is 0.388 e. The number of fused-ring (bicyclic) bond motifs is 2. The zero-order valence-electron chi connectivity index (χ0n) is 13.2. The number of nitro groups is 1. The number of para-hydroxylation sites is 1. The molecule has 126 valence electrons. The van der Waals surface area contributed by atoms with Gasteiger partial charge in [-0.2, -0.15) is 0 Å². The quantitative estimate of drug-likeness (QED) is 0.688. The minimum absolute atomic E-state index is 0.0380. The number of nitrogens with zero attached hydrogens (tertiary/aromatic N) is 3. The van der Waals surface area contributed by atoms with Gasteiger partial charge in [-0.1, -0.05) is 18.2 Å². The lowest BCUT2D eigenvalue weighted by atomic mass is 9.93. The standard InChI is InChI=1S/C18H15N3O4/c22-16-9-14(17(23)11-5-7-13(8-6-11)21(24)25)18-19-15-4-2-1-3-12(15)10-20(16)18/h1-8,14,17,23H,9-10H2. The zero-order chi connectivity index (χ0) is 17.6. The Morgan fingerprint density at radius 2 is 1.92 bits per heavy atom. The maximum atomic E-state index is 12.4. The summed E-state index contributed by atoms with van der Waals surface area (Å²) in [5.41, 5.74) is 2.28. The fraction of sp³-hybridized carbons (Fsp3) is 0.222. The van der Waals surface area contributed by atoms with Crippen molar-refractivity contribution in [1.29, 1.82) is 0 Å². The molecule has 2 aliphatic heterocycles. The van der Waals surface area contributed by atoms with Gasteiger partial charge in [-0.3, -0.25) is 19.8 Å². The van der Waals surface area contributed by atoms with Crippen molar-refractivity contribution in [3.05, 3.63) is 69.8 Å². The fourth-order valence-corrected chi connectivity index (χ4v) is 3.36. The van der Waals surface area contributed by atoms with E-state index in [0.717, 1.165) is 11.3 Å². The zero-order valence-corrected chi connectivity index (χ0v) is 13.2. The van der Waals surface area contributed by atoms with Gasteiger partial charge in [-0.25, -0.2) is 4.99 Å². The Hall–Kier alpha value is -3.06. The van der Waals surface area contributed by atoms with Gasteiger partial charge in [0, 0.05) is 18.6 Å². The van der Waals surface area contributed by atoms with E-state index in [-0.39, 0.29) is 18.0 Å². The van der Waals surface area contributed by atoms with Gasteiger partial charge < -0.3 is 5.11 Å². The van der Waals surface area contributed by atoms with Crippen LogP contribution in [0.1, 0.15) is 23.7 Å². The summed E-state index contributed by atoms with van der Waals surface area (Å²) in [6.45, 7) is 0.456. The second kappa shape index (κ2) is 5.78. The van der Waals surface area contributed by atoms with Crippen LogP contribution in [0.25, 0.3) is 0 Å². The number of aliphatic hydroxyl groups is 1. The molecule has 0 spiro atoms. The molecule has 1 amide bonds. The number of hydrogen-bond acceptors (Lipinski definition) is 5. The first-order valence-electron chi connectivity index (χ1n) is 7.94. The SMILES string of the molecule is O=C1CC(C(O)c2ccc([N+](=O)[O-])cc2)C2=Nc3ccccc3CN12. The van der Waals surface area contributed by atoms with Crippen molar-refractivity contribution < 1.29 is 14.8 Å². The van der Waals surface area contributed by atoms with Crippen molar-refractivity contribution >= 4 is 23.1 Å². The lowest BCUT2D eigenvalue weighted by Gasteiger charge is -2.26. The van der Waals surface area contributed by atoms with Gasteiger partial charge in [-0.15, -0.1) is 0 Å². The van der Waals surface area contributed by atoms with E-state index in [9.17, 15) is 20.0 Å². The Kier molecular flexibility index (Phi) is 3.58. The van der Waals surface area contributed by atoms with Gasteiger partial charge in [0.2, 0.25) is 5.91 Å². The number of non-ortho nitro benzene ring substituents is 1. The van der Waals surface area contributed by atoms with Gasteiger partial charge in [0.25, 0.3) is 5.69 Å². The minimum atomic E-state index is -0.946. The average Bonchev–Trinajstić information content (AvgIpc) is 2.95. The monoisotopic (exact) mass is 337 g/mol. The lowest BCUT2D eigenvalue weighted by Crippen LogP contribution is -2.33. The van der Waals surface area contributed by atoms with Crippen molar-refractivity contribution in [1.82, 2.24) is 4.90 Å². The fourth-order valence-electron chi connectivity index (χ4n) is 3.36. The predicted molar refractivity (Wildman–Crippen MR) is 90.3 cm³/mol. The Morgan fingerprint density at radius 3 is 2.64 bits per heavy atom. The molecular formula is C18H15N3O4. The molecule has 0 aromatic heterocycles. The molecule has 25 heavy (non-hydrogen) atoms. The highest BCUT2D eigenvalue weighted by molar-refractivity contribution is 6.08. The van der Waals surface area contributed by atoms with Gasteiger partial charge in [0.05, 0.1) is 29.2 Å². The summed E-state index contributed by atoms with van der Waals surface area (Å²) in [7, 11) is 0. The molecule has 2 unspecified atom stereocenters. The molecule has 1 saturated heterocycles. The predicted octanol–water partition coefficient (Wildman–Crippen LogP) is 2.72. The summed E-state index contributed by atoms with van der Waals surface area (Å²) in [6, 6.07) is 13.4. The van der Waals surface area contributed by atoms with Crippen LogP contribution in [-0.2, 0) is 11.3 Å². The maximum absolute atomic E-state index is 12.4. The van der Waals surface area contributed by atoms with Crippen LogP contribution in [0.2, 0.25) is 0 Å². The minimum Gasteiger partial charge on any atom is -0.388 e. The molecule has 2 heterocycles. The number of aliphatic hydroxyl groups excluding tert-OH is 1. The molecule has 0 saturated carbocycles. The van der Waals surface area contributed by atoms with Crippen molar-refractivity contribution in [2.24, 2.45) is 10.9 Å². The van der Waals surface area contributed by atoms with E-state index in [2.05, 4.69) is 4.99 Å². The van der Waals surface area contributed by atoms with E-state index >= 15 is 0 Å². The Morgan fingerprint density at radius 1 is 1.20 bits per heavy atom. The van der Waals surface area contributed by atoms with Crippen LogP contribution in [0.15, 0.2) is 53.5 Å². The number of aliphatic imine (C=N–C) groups is 1. The highest BCUT2D eigenvalue weighted by Crippen LogP contribution is 2.38. The molecular weight excluding hydrogens is 322 g/mol. The highest BCUT2D eigenvalue weighted by atomic mass is 16.6. The van der Waals surface area contributed by atoms with E-state index in [1.54, 1.807) is 4.90 Å². The molecule has 0 aliphatic carbocycles. The van der Waals surface area contributed by atoms with Crippen LogP contribution >= 0.6 is 0 Å². The van der Waals surface area contributed by atoms with E-state index in [0.29, 0.717) is 17.9 Å². The van der Waals surface area contributed by atoms with Crippen molar-refractivity contribution in [3.8, 4) is 0 Å². The molecule has 2 aliphatic rings. The van der Waals surface area contributed by atoms with E-state index in [1.165, 1.54) is 24.3 Å². The van der Waals surface area contributed by atoms with Crippen molar-refractivity contribution in [2.45, 2.75) is 19.1 Å². The number of hydrogen-bond donors (Lipinski definition) is 1. The Bertz CT molecular complexity index is 891. The molecule has 0 bridgehead atoms. The second-order valence-electron chi connectivity index (χ2n) is 6.18. The Balaban J connectivity index is 1.67. The van der Waals surface area contributed by atoms with Gasteiger partial charge in [0.1, 0.15) is 5.84 Å². The van der Waals surface area contributed by atoms with Crippen LogP contribution in [0.4, 0.5) is 11.4 Å². The Labute approximate surface area is 143 Å². The first-order valence-corrected chi connectivity index (χ1v) is 7.94. The molecule has 2 aromatic rings. The van der Waals surface area contributed by atoms with Crippen molar-refractivity contribution in [2.75, 3.05) is 0 Å². The maximum Gasteiger partial charge on any atom is 0.269 e. The third kappa shape index (κ3) is 2.58. The first kappa shape index (κ1) is 15.5. The normalized spacial score (nSPS) is 19.9. The van der Waals surface area contributed by atoms with Crippen molar-refractivity contribution in [3.63, 3.8) is 0 Å². The molecule has 4 rings (SSSR count). The molecule has 1 N–H and O–H groups in total. The van der Waals surface area contributed by atoms with Gasteiger partial charge in [-0.05, 0) is 29.3 Å². The van der Waals surface area contributed by atoms with Gasteiger partial charge >= 0.3 is 0 Å². The summed E-state index contributed by atoms with van der Waals surface area (Å²) >= 11 is 0. The third-order valence-electron chi connectivity index (χ3n) is 4.69. The first-order chi connectivity index (χ1) is 12.0. The van der Waals surface area contributed by atoms with E-state index in [4.69, 9.17) is 0 Å². The summed E-state index contributed by atoms with van der Waals surface area (Å²) in [5.74, 6) is 0.0380. The highest BCUT2D eigenvalue weighted by Gasteiger charge is 2.42. The smallest absolute Gasteiger partial charge is 0.269 e. The molecule has 2 aromatic carbocycles. The second-order valence-corrected chi connectivity index (χ2v) is 6.18. The van der Waals surface area contributed by atoms with Crippen LogP contribution in [0.5, 0.6) is 0 Å². The number of rotatable bonds is 3. The van der Waals surface area contributed by atoms with Crippen LogP contribution in [-0.4, -0.2) is 26.7 Å². The van der Waals surface area contributed by atoms with E-state index in [1.807, 2.05) is 24.3 Å². The summed E-state index contributed by atoms with van der Waals surface area (Å²) in [5, 5.41) is 21.5. The third-order valence-corrected chi connectivity index (χ3v) is 4.69. The van der Waals surface area contributed by atoms with Crippen LogP contribution in [0, 0.1) is 16.0 Å². The number of amides is 1. The van der Waals surface area contributed by atoms with E-state index < -0.39 is 16.9 Å². The molecule has 7 heteroatoms. The van der Waals surface area contributed by atoms with Gasteiger partial charge in [0.15, 0.2) is 0 Å². The number of carbonyl (C=O) groups excluding carboxylic acids is 1. The summed E-state index contributed by atoms with van der Waals surface area (Å²) in [4.78, 5) is 28.8. The molecule has 0 radical (unpaired) electrons. The summed E-state index contributed by atoms with van der Waals surface area (Å²) < 4.78 is 0. The number of amidine groups is 1.